The molecular weight excluding hydrogens is 306 g/mol. The van der Waals surface area contributed by atoms with Gasteiger partial charge in [0.2, 0.25) is 5.82 Å². The third-order valence-electron chi connectivity index (χ3n) is 4.24. The zero-order chi connectivity index (χ0) is 17.3. The highest BCUT2D eigenvalue weighted by Gasteiger charge is 2.26. The normalized spacial score (nSPS) is 17.5. The van der Waals surface area contributed by atoms with Crippen LogP contribution in [0.5, 0.6) is 0 Å². The Hall–Kier alpha value is -2.95. The van der Waals surface area contributed by atoms with Crippen molar-refractivity contribution in [1.82, 2.24) is 19.7 Å². The van der Waals surface area contributed by atoms with Gasteiger partial charge in [-0.15, -0.1) is 5.10 Å². The number of rotatable bonds is 3. The Bertz CT molecular complexity index is 820. The van der Waals surface area contributed by atoms with Crippen molar-refractivity contribution in [2.45, 2.75) is 32.7 Å². The number of hydrogen-bond donors (Lipinski definition) is 1. The van der Waals surface area contributed by atoms with Gasteiger partial charge in [-0.3, -0.25) is 4.79 Å². The number of anilines is 1. The van der Waals surface area contributed by atoms with Crippen molar-refractivity contribution in [1.29, 1.82) is 5.26 Å². The maximum absolute atomic E-state index is 11.2. The largest absolute Gasteiger partial charge is 0.363 e. The van der Waals surface area contributed by atoms with Gasteiger partial charge in [0.1, 0.15) is 18.2 Å². The van der Waals surface area contributed by atoms with E-state index in [4.69, 9.17) is 5.73 Å². The molecule has 0 radical (unpaired) electrons. The summed E-state index contributed by atoms with van der Waals surface area (Å²) in [6, 6.07) is 4.24. The minimum Gasteiger partial charge on any atom is -0.363 e. The Morgan fingerprint density at radius 3 is 2.92 bits per heavy atom. The monoisotopic (exact) mass is 325 g/mol. The molecule has 0 aromatic carbocycles. The van der Waals surface area contributed by atoms with Crippen LogP contribution < -0.4 is 10.6 Å². The first-order chi connectivity index (χ1) is 11.5. The first-order valence-electron chi connectivity index (χ1n) is 7.84. The lowest BCUT2D eigenvalue weighted by atomic mass is 10.0. The second kappa shape index (κ2) is 6.28. The molecule has 1 unspecified atom stereocenters. The van der Waals surface area contributed by atoms with Gasteiger partial charge in [-0.05, 0) is 38.3 Å². The van der Waals surface area contributed by atoms with E-state index in [1.807, 2.05) is 19.9 Å². The lowest BCUT2D eigenvalue weighted by Crippen LogP contribution is -2.38. The number of nitriles is 1. The van der Waals surface area contributed by atoms with Crippen molar-refractivity contribution < 1.29 is 4.79 Å². The average Bonchev–Trinajstić information content (AvgIpc) is 3.04. The number of nitrogens with zero attached hydrogens (tertiary/aromatic N) is 6. The van der Waals surface area contributed by atoms with Gasteiger partial charge >= 0.3 is 0 Å². The number of aryl methyl sites for hydroxylation is 2. The fourth-order valence-corrected chi connectivity index (χ4v) is 3.11. The summed E-state index contributed by atoms with van der Waals surface area (Å²) < 4.78 is 1.68. The smallest absolute Gasteiger partial charge is 0.288 e. The van der Waals surface area contributed by atoms with Gasteiger partial charge in [0.15, 0.2) is 0 Å². The van der Waals surface area contributed by atoms with Crippen molar-refractivity contribution in [2.24, 2.45) is 5.73 Å². The lowest BCUT2D eigenvalue weighted by molar-refractivity contribution is 0.0990. The molecule has 24 heavy (non-hydrogen) atoms. The van der Waals surface area contributed by atoms with E-state index in [2.05, 4.69) is 26.0 Å². The minimum atomic E-state index is -0.635. The van der Waals surface area contributed by atoms with Crippen molar-refractivity contribution in [3.8, 4) is 6.07 Å². The van der Waals surface area contributed by atoms with Gasteiger partial charge in [0, 0.05) is 18.8 Å². The Morgan fingerprint density at radius 2 is 2.25 bits per heavy atom. The summed E-state index contributed by atoms with van der Waals surface area (Å²) in [6.45, 7) is 5.34. The molecule has 124 valence electrons. The summed E-state index contributed by atoms with van der Waals surface area (Å²) in [5.74, 6) is 0.105. The van der Waals surface area contributed by atoms with Crippen LogP contribution in [-0.4, -0.2) is 38.7 Å². The van der Waals surface area contributed by atoms with Crippen molar-refractivity contribution in [3.05, 3.63) is 35.0 Å². The first kappa shape index (κ1) is 15.9. The molecule has 1 fully saturated rings. The summed E-state index contributed by atoms with van der Waals surface area (Å²) in [5.41, 5.74) is 7.64. The predicted molar refractivity (Wildman–Crippen MR) is 87.4 cm³/mol. The molecule has 3 rings (SSSR count). The van der Waals surface area contributed by atoms with Gasteiger partial charge < -0.3 is 10.6 Å². The summed E-state index contributed by atoms with van der Waals surface area (Å²) in [5, 5.41) is 13.6. The van der Waals surface area contributed by atoms with E-state index in [9.17, 15) is 10.1 Å². The average molecular weight is 325 g/mol. The molecule has 0 aliphatic carbocycles. The fraction of sp³-hybridized carbons (Fsp3) is 0.438. The molecule has 8 nitrogen and oxygen atoms in total. The van der Waals surface area contributed by atoms with Crippen LogP contribution in [0, 0.1) is 25.2 Å². The number of piperidine rings is 1. The number of carbonyl (C=O) groups excluding carboxylic acids is 1. The van der Waals surface area contributed by atoms with E-state index in [0.29, 0.717) is 12.1 Å². The Morgan fingerprint density at radius 1 is 1.46 bits per heavy atom. The fourth-order valence-electron chi connectivity index (χ4n) is 3.11. The first-order valence-corrected chi connectivity index (χ1v) is 7.84. The summed E-state index contributed by atoms with van der Waals surface area (Å²) >= 11 is 0. The number of primary amides is 1. The quantitative estimate of drug-likeness (QED) is 0.904. The molecule has 1 aliphatic rings. The zero-order valence-corrected chi connectivity index (χ0v) is 13.7. The van der Waals surface area contributed by atoms with E-state index < -0.39 is 5.91 Å². The Kier molecular flexibility index (Phi) is 4.16. The van der Waals surface area contributed by atoms with E-state index in [1.165, 1.54) is 6.33 Å². The van der Waals surface area contributed by atoms with E-state index in [0.717, 1.165) is 36.5 Å². The van der Waals surface area contributed by atoms with Crippen molar-refractivity contribution in [3.63, 3.8) is 0 Å². The topological polar surface area (TPSA) is 114 Å². The van der Waals surface area contributed by atoms with Crippen molar-refractivity contribution >= 4 is 11.7 Å². The number of pyridine rings is 1. The highest BCUT2D eigenvalue weighted by Crippen LogP contribution is 2.28. The van der Waals surface area contributed by atoms with Crippen LogP contribution in [-0.2, 0) is 0 Å². The van der Waals surface area contributed by atoms with Gasteiger partial charge in [-0.2, -0.15) is 5.26 Å². The third kappa shape index (κ3) is 2.93. The second-order valence-electron chi connectivity index (χ2n) is 6.05. The van der Waals surface area contributed by atoms with Crippen LogP contribution in [0.25, 0.3) is 0 Å². The van der Waals surface area contributed by atoms with Gasteiger partial charge in [-0.25, -0.2) is 14.6 Å². The van der Waals surface area contributed by atoms with E-state index in [1.54, 1.807) is 4.68 Å². The molecule has 0 saturated carbocycles. The molecule has 1 aliphatic heterocycles. The highest BCUT2D eigenvalue weighted by atomic mass is 16.1. The molecule has 3 heterocycles. The molecule has 2 N–H and O–H groups in total. The number of hydrogen-bond acceptors (Lipinski definition) is 6. The predicted octanol–water partition coefficient (Wildman–Crippen LogP) is 1.10. The molecule has 2 aromatic rings. The van der Waals surface area contributed by atoms with Crippen LogP contribution in [0.15, 0.2) is 12.4 Å². The molecule has 0 spiro atoms. The molecule has 8 heteroatoms. The summed E-state index contributed by atoms with van der Waals surface area (Å²) in [6.07, 6.45) is 3.40. The minimum absolute atomic E-state index is 0.0226. The van der Waals surface area contributed by atoms with Gasteiger partial charge in [0.05, 0.1) is 11.6 Å². The molecule has 1 atom stereocenters. The van der Waals surface area contributed by atoms with Gasteiger partial charge in [-0.1, -0.05) is 0 Å². The van der Waals surface area contributed by atoms with Crippen LogP contribution >= 0.6 is 0 Å². The standard InChI is InChI=1S/C16H19N7O/c1-10-6-11(2)20-16(13(10)7-17)22-5-3-4-12(8-22)23-9-19-15(21-23)14(18)24/h6,9,12H,3-5,8H2,1-2H3,(H2,18,24). The SMILES string of the molecule is Cc1cc(C)c(C#N)c(N2CCCC(n3cnc(C(N)=O)n3)C2)n1. The molecule has 1 amide bonds. The number of aromatic nitrogens is 4. The molecule has 0 bridgehead atoms. The molecule has 1 saturated heterocycles. The summed E-state index contributed by atoms with van der Waals surface area (Å²) in [7, 11) is 0. The van der Waals surface area contributed by atoms with Crippen LogP contribution in [0.3, 0.4) is 0 Å². The Labute approximate surface area is 139 Å². The van der Waals surface area contributed by atoms with Crippen LogP contribution in [0.2, 0.25) is 0 Å². The third-order valence-corrected chi connectivity index (χ3v) is 4.24. The lowest BCUT2D eigenvalue weighted by Gasteiger charge is -2.34. The maximum atomic E-state index is 11.2. The van der Waals surface area contributed by atoms with Crippen LogP contribution in [0.1, 0.15) is 46.3 Å². The molecular formula is C16H19N7O. The zero-order valence-electron chi connectivity index (χ0n) is 13.7. The summed E-state index contributed by atoms with van der Waals surface area (Å²) in [4.78, 5) is 21.8. The number of carbonyl (C=O) groups is 1. The van der Waals surface area contributed by atoms with Crippen LogP contribution in [0.4, 0.5) is 5.82 Å². The van der Waals surface area contributed by atoms with Gasteiger partial charge in [0.25, 0.3) is 5.91 Å². The highest BCUT2D eigenvalue weighted by molar-refractivity contribution is 5.88. The van der Waals surface area contributed by atoms with E-state index in [-0.39, 0.29) is 11.9 Å². The second-order valence-corrected chi connectivity index (χ2v) is 6.05. The maximum Gasteiger partial charge on any atom is 0.288 e. The van der Waals surface area contributed by atoms with Crippen molar-refractivity contribution in [2.75, 3.05) is 18.0 Å². The number of nitrogens with two attached hydrogens (primary N) is 1. The van der Waals surface area contributed by atoms with E-state index >= 15 is 0 Å². The Balaban J connectivity index is 1.88. The number of amides is 1. The molecule has 2 aromatic heterocycles.